The number of allylic oxidation sites excluding steroid dienone is 1. The quantitative estimate of drug-likeness (QED) is 0.605. The first-order valence-corrected chi connectivity index (χ1v) is 4.43. The summed E-state index contributed by atoms with van der Waals surface area (Å²) in [7, 11) is 0. The Hall–Kier alpha value is -0.300. The van der Waals surface area contributed by atoms with E-state index in [1.54, 1.807) is 0 Å². The fourth-order valence-corrected chi connectivity index (χ4v) is 2.19. The lowest BCUT2D eigenvalue weighted by molar-refractivity contribution is 0.178. The first-order valence-electron chi connectivity index (χ1n) is 4.43. The van der Waals surface area contributed by atoms with E-state index in [0.717, 1.165) is 0 Å². The van der Waals surface area contributed by atoms with E-state index in [4.69, 9.17) is 5.11 Å². The second kappa shape index (κ2) is 3.40. The van der Waals surface area contributed by atoms with Crippen molar-refractivity contribution in [3.05, 3.63) is 12.2 Å². The third-order valence-electron chi connectivity index (χ3n) is 3.02. The lowest BCUT2D eigenvalue weighted by atomic mass is 9.87. The topological polar surface area (TPSA) is 20.2 Å². The third kappa shape index (κ3) is 1.64. The van der Waals surface area contributed by atoms with Crippen LogP contribution in [-0.4, -0.2) is 11.7 Å². The summed E-state index contributed by atoms with van der Waals surface area (Å²) >= 11 is 0. The highest BCUT2D eigenvalue weighted by molar-refractivity contribution is 5.03. The zero-order chi connectivity index (χ0) is 8.43. The molecule has 0 aliphatic heterocycles. The molecule has 1 aliphatic carbocycles. The molecule has 0 aromatic carbocycles. The Morgan fingerprint density at radius 1 is 1.55 bits per heavy atom. The Balaban J connectivity index is 2.61. The molecule has 1 nitrogen and oxygen atoms in total. The Labute approximate surface area is 69.1 Å². The fourth-order valence-electron chi connectivity index (χ4n) is 2.19. The molecule has 1 N–H and O–H groups in total. The number of rotatable bonds is 2. The predicted octanol–water partition coefficient (Wildman–Crippen LogP) is 2.22. The van der Waals surface area contributed by atoms with Gasteiger partial charge in [-0.2, -0.15) is 0 Å². The molecule has 0 aromatic rings. The number of hydrogen-bond acceptors (Lipinski definition) is 1. The Kier molecular flexibility index (Phi) is 2.72. The minimum atomic E-state index is 0.332. The molecule has 0 heterocycles. The SMILES string of the molecule is C=C(C)[C@@H]1CC[C@@H](C)[C@H]1CO. The molecular formula is C10H18O. The van der Waals surface area contributed by atoms with Gasteiger partial charge in [0.05, 0.1) is 0 Å². The molecule has 0 bridgehead atoms. The molecule has 0 spiro atoms. The van der Waals surface area contributed by atoms with Crippen molar-refractivity contribution in [2.75, 3.05) is 6.61 Å². The van der Waals surface area contributed by atoms with Gasteiger partial charge < -0.3 is 5.11 Å². The van der Waals surface area contributed by atoms with Crippen molar-refractivity contribution >= 4 is 0 Å². The van der Waals surface area contributed by atoms with E-state index in [-0.39, 0.29) is 0 Å². The van der Waals surface area contributed by atoms with Gasteiger partial charge in [0.2, 0.25) is 0 Å². The van der Waals surface area contributed by atoms with E-state index < -0.39 is 0 Å². The first-order chi connectivity index (χ1) is 5.16. The van der Waals surface area contributed by atoms with Crippen LogP contribution in [0.1, 0.15) is 26.7 Å². The number of aliphatic hydroxyl groups is 1. The maximum Gasteiger partial charge on any atom is 0.0467 e. The standard InChI is InChI=1S/C10H18O/c1-7(2)9-5-4-8(3)10(9)6-11/h8-11H,1,4-6H2,2-3H3/t8-,9+,10-/m1/s1. The molecule has 64 valence electrons. The summed E-state index contributed by atoms with van der Waals surface area (Å²) in [6, 6.07) is 0. The third-order valence-corrected chi connectivity index (χ3v) is 3.02. The van der Waals surface area contributed by atoms with Crippen LogP contribution in [0.25, 0.3) is 0 Å². The van der Waals surface area contributed by atoms with Crippen molar-refractivity contribution in [1.29, 1.82) is 0 Å². The summed E-state index contributed by atoms with van der Waals surface area (Å²) in [6.07, 6.45) is 2.48. The summed E-state index contributed by atoms with van der Waals surface area (Å²) < 4.78 is 0. The van der Waals surface area contributed by atoms with E-state index in [0.29, 0.717) is 24.4 Å². The minimum Gasteiger partial charge on any atom is -0.396 e. The van der Waals surface area contributed by atoms with Crippen LogP contribution in [0.5, 0.6) is 0 Å². The smallest absolute Gasteiger partial charge is 0.0467 e. The van der Waals surface area contributed by atoms with E-state index in [1.807, 2.05) is 0 Å². The molecule has 0 unspecified atom stereocenters. The summed E-state index contributed by atoms with van der Waals surface area (Å²) in [5, 5.41) is 9.11. The van der Waals surface area contributed by atoms with Crippen molar-refractivity contribution in [2.24, 2.45) is 17.8 Å². The van der Waals surface area contributed by atoms with E-state index in [2.05, 4.69) is 20.4 Å². The highest BCUT2D eigenvalue weighted by Gasteiger charge is 2.32. The molecule has 0 amide bonds. The molecule has 0 saturated heterocycles. The maximum atomic E-state index is 9.11. The van der Waals surface area contributed by atoms with Gasteiger partial charge in [0.15, 0.2) is 0 Å². The molecule has 11 heavy (non-hydrogen) atoms. The van der Waals surface area contributed by atoms with Gasteiger partial charge in [0, 0.05) is 6.61 Å². The highest BCUT2D eigenvalue weighted by Crippen LogP contribution is 2.39. The molecule has 1 fully saturated rings. The Morgan fingerprint density at radius 2 is 2.18 bits per heavy atom. The van der Waals surface area contributed by atoms with Crippen LogP contribution < -0.4 is 0 Å². The largest absolute Gasteiger partial charge is 0.396 e. The molecule has 3 atom stereocenters. The molecule has 0 aromatic heterocycles. The van der Waals surface area contributed by atoms with Gasteiger partial charge in [-0.15, -0.1) is 0 Å². The predicted molar refractivity (Wildman–Crippen MR) is 47.3 cm³/mol. The summed E-state index contributed by atoms with van der Waals surface area (Å²) in [4.78, 5) is 0. The maximum absolute atomic E-state index is 9.11. The molecule has 0 radical (unpaired) electrons. The Morgan fingerprint density at radius 3 is 2.55 bits per heavy atom. The monoisotopic (exact) mass is 154 g/mol. The Bertz CT molecular complexity index is 151. The van der Waals surface area contributed by atoms with Crippen molar-refractivity contribution in [1.82, 2.24) is 0 Å². The summed E-state index contributed by atoms with van der Waals surface area (Å²) in [6.45, 7) is 8.59. The lowest BCUT2D eigenvalue weighted by Crippen LogP contribution is -2.17. The summed E-state index contributed by atoms with van der Waals surface area (Å²) in [5.41, 5.74) is 1.24. The van der Waals surface area contributed by atoms with Gasteiger partial charge in [0.1, 0.15) is 0 Å². The van der Waals surface area contributed by atoms with Crippen LogP contribution in [0.15, 0.2) is 12.2 Å². The van der Waals surface area contributed by atoms with E-state index in [1.165, 1.54) is 18.4 Å². The second-order valence-electron chi connectivity index (χ2n) is 3.85. The first kappa shape index (κ1) is 8.79. The minimum absolute atomic E-state index is 0.332. The normalized spacial score (nSPS) is 37.5. The molecule has 1 aliphatic rings. The van der Waals surface area contributed by atoms with Gasteiger partial charge in [-0.1, -0.05) is 19.1 Å². The summed E-state index contributed by atoms with van der Waals surface area (Å²) in [5.74, 6) is 1.74. The van der Waals surface area contributed by atoms with Crippen molar-refractivity contribution in [3.8, 4) is 0 Å². The van der Waals surface area contributed by atoms with Crippen molar-refractivity contribution in [3.63, 3.8) is 0 Å². The molecule has 1 heteroatoms. The van der Waals surface area contributed by atoms with Crippen LogP contribution in [0.3, 0.4) is 0 Å². The van der Waals surface area contributed by atoms with Gasteiger partial charge in [-0.25, -0.2) is 0 Å². The lowest BCUT2D eigenvalue weighted by Gasteiger charge is -2.20. The van der Waals surface area contributed by atoms with Crippen molar-refractivity contribution < 1.29 is 5.11 Å². The van der Waals surface area contributed by atoms with Crippen LogP contribution >= 0.6 is 0 Å². The average Bonchev–Trinajstić information content (AvgIpc) is 2.30. The van der Waals surface area contributed by atoms with E-state index >= 15 is 0 Å². The van der Waals surface area contributed by atoms with Crippen LogP contribution in [0.2, 0.25) is 0 Å². The molecule has 1 saturated carbocycles. The zero-order valence-electron chi connectivity index (χ0n) is 7.51. The van der Waals surface area contributed by atoms with Crippen LogP contribution in [0, 0.1) is 17.8 Å². The van der Waals surface area contributed by atoms with Crippen molar-refractivity contribution in [2.45, 2.75) is 26.7 Å². The molecular weight excluding hydrogens is 136 g/mol. The van der Waals surface area contributed by atoms with Gasteiger partial charge in [-0.3, -0.25) is 0 Å². The number of hydrogen-bond donors (Lipinski definition) is 1. The van der Waals surface area contributed by atoms with Gasteiger partial charge in [-0.05, 0) is 37.5 Å². The van der Waals surface area contributed by atoms with E-state index in [9.17, 15) is 0 Å². The van der Waals surface area contributed by atoms with Gasteiger partial charge in [0.25, 0.3) is 0 Å². The number of aliphatic hydroxyl groups excluding tert-OH is 1. The second-order valence-corrected chi connectivity index (χ2v) is 3.85. The molecule has 1 rings (SSSR count). The van der Waals surface area contributed by atoms with Crippen LogP contribution in [-0.2, 0) is 0 Å². The van der Waals surface area contributed by atoms with Crippen LogP contribution in [0.4, 0.5) is 0 Å². The highest BCUT2D eigenvalue weighted by atomic mass is 16.3. The fraction of sp³-hybridized carbons (Fsp3) is 0.800. The van der Waals surface area contributed by atoms with Gasteiger partial charge >= 0.3 is 0 Å². The zero-order valence-corrected chi connectivity index (χ0v) is 7.51. The average molecular weight is 154 g/mol.